The maximum atomic E-state index is 5.93. The summed E-state index contributed by atoms with van der Waals surface area (Å²) in [5.74, 6) is 0. The van der Waals surface area contributed by atoms with Crippen LogP contribution < -0.4 is 5.73 Å². The summed E-state index contributed by atoms with van der Waals surface area (Å²) in [6, 6.07) is 5.67. The average molecular weight is 249 g/mol. The molecule has 5 nitrogen and oxygen atoms in total. The normalized spacial score (nSPS) is 11.2. The second-order valence-corrected chi connectivity index (χ2v) is 4.14. The monoisotopic (exact) mass is 248 g/mol. The number of oxazole rings is 1. The van der Waals surface area contributed by atoms with Crippen LogP contribution in [0, 0.1) is 6.92 Å². The van der Waals surface area contributed by atoms with Gasteiger partial charge in [-0.1, -0.05) is 11.6 Å². The van der Waals surface area contributed by atoms with E-state index < -0.39 is 0 Å². The number of anilines is 1. The molecular formula is C11H9ClN4O. The largest absolute Gasteiger partial charge is 0.422 e. The van der Waals surface area contributed by atoms with Crippen LogP contribution in [0.4, 0.5) is 5.69 Å². The van der Waals surface area contributed by atoms with Crippen LogP contribution in [0.15, 0.2) is 28.8 Å². The molecule has 17 heavy (non-hydrogen) atoms. The number of nitrogen functional groups attached to an aromatic ring is 1. The van der Waals surface area contributed by atoms with Gasteiger partial charge in [0.15, 0.2) is 5.58 Å². The maximum Gasteiger partial charge on any atom is 0.323 e. The van der Waals surface area contributed by atoms with Crippen molar-refractivity contribution in [3.8, 4) is 6.01 Å². The van der Waals surface area contributed by atoms with Gasteiger partial charge in [-0.2, -0.15) is 14.8 Å². The first kappa shape index (κ1) is 10.2. The Morgan fingerprint density at radius 3 is 2.94 bits per heavy atom. The smallest absolute Gasteiger partial charge is 0.323 e. The number of nitrogens with zero attached hydrogens (tertiary/aromatic N) is 3. The average Bonchev–Trinajstić information content (AvgIpc) is 2.83. The predicted molar refractivity (Wildman–Crippen MR) is 65.3 cm³/mol. The summed E-state index contributed by atoms with van der Waals surface area (Å²) in [6.07, 6.45) is 1.66. The lowest BCUT2D eigenvalue weighted by atomic mass is 10.3. The molecule has 1 aromatic carbocycles. The Kier molecular flexibility index (Phi) is 2.09. The molecule has 2 N–H and O–H groups in total. The molecule has 3 rings (SSSR count). The maximum absolute atomic E-state index is 5.93. The lowest BCUT2D eigenvalue weighted by molar-refractivity contribution is 0.542. The molecule has 2 aromatic heterocycles. The molecule has 0 unspecified atom stereocenters. The van der Waals surface area contributed by atoms with Gasteiger partial charge in [0.05, 0.1) is 16.9 Å². The fourth-order valence-electron chi connectivity index (χ4n) is 1.57. The third-order valence-electron chi connectivity index (χ3n) is 2.44. The molecule has 0 aliphatic carbocycles. The highest BCUT2D eigenvalue weighted by Crippen LogP contribution is 2.22. The molecule has 6 heteroatoms. The fraction of sp³-hybridized carbons (Fsp3) is 0.0909. The van der Waals surface area contributed by atoms with E-state index in [2.05, 4.69) is 10.1 Å². The molecule has 0 atom stereocenters. The third-order valence-corrected chi connectivity index (χ3v) is 2.81. The van der Waals surface area contributed by atoms with Gasteiger partial charge in [-0.25, -0.2) is 0 Å². The minimum atomic E-state index is 0.376. The molecule has 0 saturated carbocycles. The summed E-state index contributed by atoms with van der Waals surface area (Å²) in [5, 5.41) is 4.77. The van der Waals surface area contributed by atoms with E-state index in [-0.39, 0.29) is 0 Å². The van der Waals surface area contributed by atoms with E-state index in [1.165, 1.54) is 4.68 Å². The summed E-state index contributed by atoms with van der Waals surface area (Å²) >= 11 is 5.93. The van der Waals surface area contributed by atoms with Gasteiger partial charge in [0.2, 0.25) is 0 Å². The van der Waals surface area contributed by atoms with E-state index in [0.29, 0.717) is 27.8 Å². The van der Waals surface area contributed by atoms with Crippen molar-refractivity contribution in [2.45, 2.75) is 6.92 Å². The van der Waals surface area contributed by atoms with Crippen molar-refractivity contribution in [1.82, 2.24) is 14.8 Å². The van der Waals surface area contributed by atoms with Crippen molar-refractivity contribution in [3.05, 3.63) is 35.1 Å². The molecule has 0 radical (unpaired) electrons. The van der Waals surface area contributed by atoms with Crippen molar-refractivity contribution in [1.29, 1.82) is 0 Å². The molecular weight excluding hydrogens is 240 g/mol. The van der Waals surface area contributed by atoms with Gasteiger partial charge in [-0.05, 0) is 25.1 Å². The molecule has 2 heterocycles. The quantitative estimate of drug-likeness (QED) is 0.672. The Hall–Kier alpha value is -2.01. The van der Waals surface area contributed by atoms with Crippen LogP contribution in [0.25, 0.3) is 17.1 Å². The van der Waals surface area contributed by atoms with Crippen LogP contribution >= 0.6 is 11.6 Å². The number of hydrogen-bond acceptors (Lipinski definition) is 4. The number of aromatic nitrogens is 3. The molecule has 0 saturated heterocycles. The first-order valence-electron chi connectivity index (χ1n) is 5.02. The summed E-state index contributed by atoms with van der Waals surface area (Å²) < 4.78 is 7.06. The van der Waals surface area contributed by atoms with Crippen molar-refractivity contribution in [3.63, 3.8) is 0 Å². The molecule has 3 aromatic rings. The van der Waals surface area contributed by atoms with Crippen LogP contribution in [-0.4, -0.2) is 14.8 Å². The zero-order chi connectivity index (χ0) is 12.0. The molecule has 0 aliphatic heterocycles. The van der Waals surface area contributed by atoms with Gasteiger partial charge in [-0.15, -0.1) is 0 Å². The van der Waals surface area contributed by atoms with Gasteiger partial charge >= 0.3 is 6.01 Å². The van der Waals surface area contributed by atoms with Crippen LogP contribution in [0.2, 0.25) is 5.02 Å². The van der Waals surface area contributed by atoms with E-state index in [1.807, 2.05) is 6.92 Å². The van der Waals surface area contributed by atoms with Crippen LogP contribution in [0.3, 0.4) is 0 Å². The highest BCUT2D eigenvalue weighted by molar-refractivity contribution is 6.31. The fourth-order valence-corrected chi connectivity index (χ4v) is 1.70. The van der Waals surface area contributed by atoms with Crippen LogP contribution in [-0.2, 0) is 0 Å². The minimum Gasteiger partial charge on any atom is -0.422 e. The Morgan fingerprint density at radius 2 is 2.24 bits per heavy atom. The number of nitrogens with two attached hydrogens (primary N) is 1. The van der Waals surface area contributed by atoms with E-state index in [1.54, 1.807) is 24.4 Å². The Labute approximate surface area is 102 Å². The third kappa shape index (κ3) is 1.64. The molecule has 0 bridgehead atoms. The number of hydrogen-bond donors (Lipinski definition) is 1. The van der Waals surface area contributed by atoms with Gasteiger partial charge in [0.1, 0.15) is 5.52 Å². The van der Waals surface area contributed by atoms with Crippen molar-refractivity contribution in [2.24, 2.45) is 0 Å². The molecule has 0 fully saturated rings. The summed E-state index contributed by atoms with van der Waals surface area (Å²) in [4.78, 5) is 4.29. The Morgan fingerprint density at radius 1 is 1.41 bits per heavy atom. The number of halogens is 1. The summed E-state index contributed by atoms with van der Waals surface area (Å²) in [7, 11) is 0. The van der Waals surface area contributed by atoms with Crippen molar-refractivity contribution >= 4 is 28.4 Å². The van der Waals surface area contributed by atoms with Crippen LogP contribution in [0.1, 0.15) is 5.69 Å². The van der Waals surface area contributed by atoms with Crippen LogP contribution in [0.5, 0.6) is 0 Å². The molecule has 0 amide bonds. The van der Waals surface area contributed by atoms with Gasteiger partial charge in [0, 0.05) is 5.69 Å². The van der Waals surface area contributed by atoms with Crippen molar-refractivity contribution < 1.29 is 4.42 Å². The van der Waals surface area contributed by atoms with E-state index >= 15 is 0 Å². The Balaban J connectivity index is 2.17. The first-order chi connectivity index (χ1) is 8.13. The summed E-state index contributed by atoms with van der Waals surface area (Å²) in [6.45, 7) is 1.82. The minimum absolute atomic E-state index is 0.376. The standard InChI is InChI=1S/C11H9ClN4O/c1-6-8(12)5-16(15-6)11-14-9-4-7(13)2-3-10(9)17-11/h2-5H,13H2,1H3. The predicted octanol–water partition coefficient (Wildman–Crippen LogP) is 2.56. The van der Waals surface area contributed by atoms with E-state index in [9.17, 15) is 0 Å². The number of aryl methyl sites for hydroxylation is 1. The van der Waals surface area contributed by atoms with E-state index in [4.69, 9.17) is 21.8 Å². The van der Waals surface area contributed by atoms with Gasteiger partial charge < -0.3 is 10.2 Å². The number of benzene rings is 1. The van der Waals surface area contributed by atoms with E-state index in [0.717, 1.165) is 5.69 Å². The first-order valence-corrected chi connectivity index (χ1v) is 5.39. The zero-order valence-electron chi connectivity index (χ0n) is 9.01. The lowest BCUT2D eigenvalue weighted by Gasteiger charge is -1.90. The number of fused-ring (bicyclic) bond motifs is 1. The lowest BCUT2D eigenvalue weighted by Crippen LogP contribution is -1.94. The van der Waals surface area contributed by atoms with Gasteiger partial charge in [-0.3, -0.25) is 0 Å². The van der Waals surface area contributed by atoms with Gasteiger partial charge in [0.25, 0.3) is 0 Å². The number of rotatable bonds is 1. The van der Waals surface area contributed by atoms with Crippen molar-refractivity contribution in [2.75, 3.05) is 5.73 Å². The molecule has 0 aliphatic rings. The highest BCUT2D eigenvalue weighted by Gasteiger charge is 2.10. The summed E-state index contributed by atoms with van der Waals surface area (Å²) in [5.41, 5.74) is 8.41. The highest BCUT2D eigenvalue weighted by atomic mass is 35.5. The topological polar surface area (TPSA) is 69.9 Å². The SMILES string of the molecule is Cc1nn(-c2nc3cc(N)ccc3o2)cc1Cl. The second-order valence-electron chi connectivity index (χ2n) is 3.73. The molecule has 86 valence electrons. The zero-order valence-corrected chi connectivity index (χ0v) is 9.77. The molecule has 0 spiro atoms. The second kappa shape index (κ2) is 3.49. The Bertz CT molecular complexity index is 681.